The van der Waals surface area contributed by atoms with Gasteiger partial charge in [0.25, 0.3) is 5.69 Å². The number of nitro groups is 1. The van der Waals surface area contributed by atoms with E-state index in [9.17, 15) is 14.9 Å². The van der Waals surface area contributed by atoms with Crippen molar-refractivity contribution in [3.05, 3.63) is 99.5 Å². The summed E-state index contributed by atoms with van der Waals surface area (Å²) in [5.41, 5.74) is 2.21. The second-order valence-corrected chi connectivity index (χ2v) is 8.55. The molecular formula is C27H33N3O4. The average Bonchev–Trinajstić information content (AvgIpc) is 3.25. The number of nitrogens with zero attached hydrogens (tertiary/aromatic N) is 3. The summed E-state index contributed by atoms with van der Waals surface area (Å²) >= 11 is 0. The smallest absolute Gasteiger partial charge is 0.269 e. The fourth-order valence-electron chi connectivity index (χ4n) is 3.83. The molecule has 1 aromatic heterocycles. The van der Waals surface area contributed by atoms with Gasteiger partial charge in [0.1, 0.15) is 11.5 Å². The van der Waals surface area contributed by atoms with Gasteiger partial charge in [0.05, 0.1) is 18.0 Å². The predicted molar refractivity (Wildman–Crippen MR) is 132 cm³/mol. The van der Waals surface area contributed by atoms with E-state index in [4.69, 9.17) is 4.42 Å². The molecular weight excluding hydrogens is 430 g/mol. The highest BCUT2D eigenvalue weighted by molar-refractivity contribution is 5.78. The minimum absolute atomic E-state index is 0.0444. The molecule has 3 aromatic rings. The van der Waals surface area contributed by atoms with Gasteiger partial charge >= 0.3 is 0 Å². The number of benzene rings is 2. The maximum Gasteiger partial charge on any atom is 0.269 e. The van der Waals surface area contributed by atoms with Crippen LogP contribution in [0.3, 0.4) is 0 Å². The molecule has 1 amide bonds. The Labute approximate surface area is 201 Å². The summed E-state index contributed by atoms with van der Waals surface area (Å²) in [6, 6.07) is 20.5. The van der Waals surface area contributed by atoms with Crippen LogP contribution in [0.25, 0.3) is 0 Å². The third-order valence-corrected chi connectivity index (χ3v) is 5.75. The second kappa shape index (κ2) is 12.7. The number of amides is 1. The van der Waals surface area contributed by atoms with Crippen molar-refractivity contribution in [2.45, 2.75) is 46.2 Å². The van der Waals surface area contributed by atoms with Crippen molar-refractivity contribution in [1.82, 2.24) is 9.80 Å². The minimum atomic E-state index is -0.400. The van der Waals surface area contributed by atoms with E-state index in [-0.39, 0.29) is 18.1 Å². The molecule has 34 heavy (non-hydrogen) atoms. The van der Waals surface area contributed by atoms with E-state index in [1.54, 1.807) is 12.1 Å². The maximum absolute atomic E-state index is 13.4. The molecule has 0 aliphatic carbocycles. The zero-order valence-corrected chi connectivity index (χ0v) is 20.0. The van der Waals surface area contributed by atoms with Crippen LogP contribution in [0.4, 0.5) is 5.69 Å². The number of rotatable bonds is 13. The summed E-state index contributed by atoms with van der Waals surface area (Å²) in [5, 5.41) is 10.9. The summed E-state index contributed by atoms with van der Waals surface area (Å²) in [5.74, 6) is 1.64. The van der Waals surface area contributed by atoms with E-state index in [0.717, 1.165) is 42.9 Å². The molecule has 0 saturated carbocycles. The first kappa shape index (κ1) is 25.2. The first-order valence-corrected chi connectivity index (χ1v) is 11.8. The van der Waals surface area contributed by atoms with Gasteiger partial charge in [0.15, 0.2) is 0 Å². The quantitative estimate of drug-likeness (QED) is 0.251. The number of hydrogen-bond donors (Lipinski definition) is 0. The molecule has 1 heterocycles. The van der Waals surface area contributed by atoms with E-state index in [1.165, 1.54) is 17.7 Å². The number of carbonyl (C=O) groups is 1. The molecule has 0 aliphatic heterocycles. The molecule has 7 heteroatoms. The number of furan rings is 1. The molecule has 180 valence electrons. The largest absolute Gasteiger partial charge is 0.464 e. The lowest BCUT2D eigenvalue weighted by Crippen LogP contribution is -2.41. The highest BCUT2D eigenvalue weighted by atomic mass is 16.6. The van der Waals surface area contributed by atoms with Crippen LogP contribution in [-0.2, 0) is 24.3 Å². The van der Waals surface area contributed by atoms with Crippen LogP contribution < -0.4 is 0 Å². The van der Waals surface area contributed by atoms with Crippen molar-refractivity contribution in [2.24, 2.45) is 0 Å². The zero-order chi connectivity index (χ0) is 24.3. The molecule has 2 aromatic carbocycles. The summed E-state index contributed by atoms with van der Waals surface area (Å²) in [6.45, 7) is 6.68. The lowest BCUT2D eigenvalue weighted by molar-refractivity contribution is -0.384. The number of aryl methyl sites for hydroxylation is 1. The molecule has 0 radical (unpaired) electrons. The second-order valence-electron chi connectivity index (χ2n) is 8.55. The van der Waals surface area contributed by atoms with Crippen LogP contribution in [0.2, 0.25) is 0 Å². The van der Waals surface area contributed by atoms with Gasteiger partial charge in [0, 0.05) is 25.2 Å². The van der Waals surface area contributed by atoms with E-state index < -0.39 is 4.92 Å². The lowest BCUT2D eigenvalue weighted by atomic mass is 10.1. The fraction of sp³-hybridized carbons (Fsp3) is 0.370. The number of carbonyl (C=O) groups excluding carboxylic acids is 1. The van der Waals surface area contributed by atoms with Gasteiger partial charge in [-0.2, -0.15) is 0 Å². The van der Waals surface area contributed by atoms with Crippen molar-refractivity contribution in [2.75, 3.05) is 19.6 Å². The first-order chi connectivity index (χ1) is 16.4. The molecule has 0 fully saturated rings. The third kappa shape index (κ3) is 7.85. The van der Waals surface area contributed by atoms with Gasteiger partial charge in [-0.05, 0) is 49.6 Å². The fourth-order valence-corrected chi connectivity index (χ4v) is 3.83. The van der Waals surface area contributed by atoms with E-state index in [0.29, 0.717) is 19.6 Å². The normalized spacial score (nSPS) is 11.0. The minimum Gasteiger partial charge on any atom is -0.464 e. The highest BCUT2D eigenvalue weighted by Crippen LogP contribution is 2.15. The summed E-state index contributed by atoms with van der Waals surface area (Å²) in [4.78, 5) is 28.0. The first-order valence-electron chi connectivity index (χ1n) is 11.8. The summed E-state index contributed by atoms with van der Waals surface area (Å²) < 4.78 is 5.75. The highest BCUT2D eigenvalue weighted by Gasteiger charge is 2.19. The number of non-ortho nitro benzene ring substituents is 1. The number of nitro benzene ring substituents is 1. The topological polar surface area (TPSA) is 79.8 Å². The van der Waals surface area contributed by atoms with Gasteiger partial charge in [-0.3, -0.25) is 19.8 Å². The summed E-state index contributed by atoms with van der Waals surface area (Å²) in [7, 11) is 0. The van der Waals surface area contributed by atoms with Crippen LogP contribution in [0.1, 0.15) is 42.4 Å². The molecule has 0 unspecified atom stereocenters. The Morgan fingerprint density at radius 2 is 1.68 bits per heavy atom. The van der Waals surface area contributed by atoms with Crippen LogP contribution in [0, 0.1) is 17.0 Å². The van der Waals surface area contributed by atoms with Gasteiger partial charge in [0.2, 0.25) is 5.91 Å². The Balaban J connectivity index is 1.70. The monoisotopic (exact) mass is 463 g/mol. The molecule has 0 atom stereocenters. The molecule has 0 N–H and O–H groups in total. The van der Waals surface area contributed by atoms with Gasteiger partial charge in [-0.15, -0.1) is 0 Å². The van der Waals surface area contributed by atoms with E-state index >= 15 is 0 Å². The van der Waals surface area contributed by atoms with Crippen molar-refractivity contribution >= 4 is 11.6 Å². The van der Waals surface area contributed by atoms with E-state index in [2.05, 4.69) is 24.0 Å². The average molecular weight is 464 g/mol. The predicted octanol–water partition coefficient (Wildman–Crippen LogP) is 5.37. The van der Waals surface area contributed by atoms with Crippen LogP contribution in [0.5, 0.6) is 0 Å². The standard InChI is InChI=1S/C27H33N3O4/c1-3-4-17-28(19-24-11-13-25(14-12-24)30(32)33)21-27(31)29(20-26-15-10-22(2)34-26)18-16-23-8-6-5-7-9-23/h5-15H,3-4,16-21H2,1-2H3. The van der Waals surface area contributed by atoms with Crippen molar-refractivity contribution in [3.8, 4) is 0 Å². The molecule has 3 rings (SSSR count). The van der Waals surface area contributed by atoms with Gasteiger partial charge in [-0.25, -0.2) is 0 Å². The molecule has 7 nitrogen and oxygen atoms in total. The number of hydrogen-bond acceptors (Lipinski definition) is 5. The Morgan fingerprint density at radius 3 is 2.29 bits per heavy atom. The van der Waals surface area contributed by atoms with Crippen molar-refractivity contribution in [3.63, 3.8) is 0 Å². The molecule has 0 aliphatic rings. The third-order valence-electron chi connectivity index (χ3n) is 5.75. The molecule has 0 bridgehead atoms. The summed E-state index contributed by atoms with van der Waals surface area (Å²) in [6.07, 6.45) is 2.76. The van der Waals surface area contributed by atoms with Crippen LogP contribution >= 0.6 is 0 Å². The van der Waals surface area contributed by atoms with Crippen LogP contribution in [-0.4, -0.2) is 40.3 Å². The maximum atomic E-state index is 13.4. The lowest BCUT2D eigenvalue weighted by Gasteiger charge is -2.27. The van der Waals surface area contributed by atoms with Gasteiger partial charge in [-0.1, -0.05) is 55.8 Å². The molecule has 0 spiro atoms. The van der Waals surface area contributed by atoms with E-state index in [1.807, 2.05) is 42.2 Å². The molecule has 0 saturated heterocycles. The Kier molecular flexibility index (Phi) is 9.40. The van der Waals surface area contributed by atoms with Crippen LogP contribution in [0.15, 0.2) is 71.1 Å². The van der Waals surface area contributed by atoms with Crippen molar-refractivity contribution in [1.29, 1.82) is 0 Å². The van der Waals surface area contributed by atoms with Crippen molar-refractivity contribution < 1.29 is 14.1 Å². The SMILES string of the molecule is CCCCN(CC(=O)N(CCc1ccccc1)Cc1ccc(C)o1)Cc1ccc([N+](=O)[O-])cc1. The zero-order valence-electron chi connectivity index (χ0n) is 20.0. The van der Waals surface area contributed by atoms with Gasteiger partial charge < -0.3 is 9.32 Å². The Hall–Kier alpha value is -3.45. The Bertz CT molecular complexity index is 1050. The number of unbranched alkanes of at least 4 members (excludes halogenated alkanes) is 1. The Morgan fingerprint density at radius 1 is 0.941 bits per heavy atom.